The van der Waals surface area contributed by atoms with Crippen molar-refractivity contribution in [2.45, 2.75) is 39.0 Å². The zero-order valence-electron chi connectivity index (χ0n) is 15.4. The highest BCUT2D eigenvalue weighted by Crippen LogP contribution is 2.37. The highest BCUT2D eigenvalue weighted by atomic mass is 16.5. The lowest BCUT2D eigenvalue weighted by Gasteiger charge is -2.19. The molecule has 0 bridgehead atoms. The van der Waals surface area contributed by atoms with Gasteiger partial charge in [0.25, 0.3) is 5.91 Å². The van der Waals surface area contributed by atoms with Gasteiger partial charge in [0.05, 0.1) is 18.3 Å². The summed E-state index contributed by atoms with van der Waals surface area (Å²) in [5.41, 5.74) is 1.70. The van der Waals surface area contributed by atoms with E-state index < -0.39 is 18.5 Å². The topological polar surface area (TPSA) is 92.8 Å². The van der Waals surface area contributed by atoms with Crippen molar-refractivity contribution in [2.75, 3.05) is 18.5 Å². The van der Waals surface area contributed by atoms with Gasteiger partial charge in [-0.05, 0) is 31.9 Å². The Morgan fingerprint density at radius 3 is 2.26 bits per heavy atom. The number of esters is 1. The number of aryl methyl sites for hydroxylation is 1. The fourth-order valence-electron chi connectivity index (χ4n) is 3.71. The van der Waals surface area contributed by atoms with Crippen LogP contribution < -0.4 is 5.32 Å². The zero-order valence-corrected chi connectivity index (χ0v) is 15.4. The van der Waals surface area contributed by atoms with Crippen LogP contribution in [0.5, 0.6) is 0 Å². The summed E-state index contributed by atoms with van der Waals surface area (Å²) in [5.74, 6) is -1.83. The van der Waals surface area contributed by atoms with E-state index in [9.17, 15) is 19.2 Å². The monoisotopic (exact) mass is 372 g/mol. The molecule has 7 nitrogen and oxygen atoms in total. The Balaban J connectivity index is 1.42. The third kappa shape index (κ3) is 4.53. The fraction of sp³-hybridized carbons (Fsp3) is 0.500. The second kappa shape index (κ2) is 8.33. The van der Waals surface area contributed by atoms with E-state index in [4.69, 9.17) is 4.74 Å². The molecule has 1 heterocycles. The van der Waals surface area contributed by atoms with Crippen LogP contribution in [0.25, 0.3) is 0 Å². The standard InChI is InChI=1S/C20H24N2O5/c1-13-6-8-14(9-7-13)21-17(23)12-27-18(24)10-11-22-19(25)15-4-2-3-5-16(15)20(22)26/h6-9,15-16H,2-5,10-12H2,1H3,(H,21,23)/t15-,16-/m1/s1. The van der Waals surface area contributed by atoms with Crippen LogP contribution in [0.2, 0.25) is 0 Å². The SMILES string of the molecule is Cc1ccc(NC(=O)COC(=O)CCN2C(=O)[C@@H]3CCCC[C@H]3C2=O)cc1. The maximum atomic E-state index is 12.3. The molecule has 2 atom stereocenters. The summed E-state index contributed by atoms with van der Waals surface area (Å²) in [6, 6.07) is 7.25. The number of nitrogens with zero attached hydrogens (tertiary/aromatic N) is 1. The van der Waals surface area contributed by atoms with Crippen molar-refractivity contribution in [2.24, 2.45) is 11.8 Å². The van der Waals surface area contributed by atoms with Crippen LogP contribution in [0.3, 0.4) is 0 Å². The molecule has 0 aromatic heterocycles. The number of ether oxygens (including phenoxy) is 1. The van der Waals surface area contributed by atoms with Crippen LogP contribution in [-0.2, 0) is 23.9 Å². The molecule has 1 N–H and O–H groups in total. The summed E-state index contributed by atoms with van der Waals surface area (Å²) in [6.45, 7) is 1.56. The van der Waals surface area contributed by atoms with Gasteiger partial charge in [0.15, 0.2) is 6.61 Å². The van der Waals surface area contributed by atoms with Crippen molar-refractivity contribution in [1.29, 1.82) is 0 Å². The number of carbonyl (C=O) groups excluding carboxylic acids is 4. The van der Waals surface area contributed by atoms with Gasteiger partial charge in [-0.25, -0.2) is 0 Å². The van der Waals surface area contributed by atoms with Crippen molar-refractivity contribution < 1.29 is 23.9 Å². The van der Waals surface area contributed by atoms with Crippen LogP contribution in [0.1, 0.15) is 37.7 Å². The van der Waals surface area contributed by atoms with Gasteiger partial charge in [-0.1, -0.05) is 30.5 Å². The number of imide groups is 1. The first-order valence-electron chi connectivity index (χ1n) is 9.33. The summed E-state index contributed by atoms with van der Waals surface area (Å²) in [7, 11) is 0. The molecule has 0 unspecified atom stereocenters. The van der Waals surface area contributed by atoms with Crippen LogP contribution in [0.4, 0.5) is 5.69 Å². The number of likely N-dealkylation sites (tertiary alicyclic amines) is 1. The van der Waals surface area contributed by atoms with E-state index in [-0.39, 0.29) is 36.6 Å². The van der Waals surface area contributed by atoms with Gasteiger partial charge in [0.1, 0.15) is 0 Å². The molecule has 0 radical (unpaired) electrons. The summed E-state index contributed by atoms with van der Waals surface area (Å²) in [4.78, 5) is 49.6. The van der Waals surface area contributed by atoms with Crippen molar-refractivity contribution >= 4 is 29.4 Å². The van der Waals surface area contributed by atoms with E-state index in [1.54, 1.807) is 12.1 Å². The number of hydrogen-bond acceptors (Lipinski definition) is 5. The Morgan fingerprint density at radius 2 is 1.67 bits per heavy atom. The molecular formula is C20H24N2O5. The molecule has 1 saturated carbocycles. The highest BCUT2D eigenvalue weighted by Gasteiger charge is 2.47. The van der Waals surface area contributed by atoms with Gasteiger partial charge >= 0.3 is 5.97 Å². The lowest BCUT2D eigenvalue weighted by atomic mass is 9.81. The Bertz CT molecular complexity index is 719. The number of rotatable bonds is 6. The first kappa shape index (κ1) is 19.1. The van der Waals surface area contributed by atoms with Gasteiger partial charge in [-0.3, -0.25) is 24.1 Å². The van der Waals surface area contributed by atoms with Crippen LogP contribution in [0.15, 0.2) is 24.3 Å². The number of anilines is 1. The maximum Gasteiger partial charge on any atom is 0.308 e. The van der Waals surface area contributed by atoms with Crippen molar-refractivity contribution in [3.05, 3.63) is 29.8 Å². The summed E-state index contributed by atoms with van der Waals surface area (Å²) >= 11 is 0. The minimum Gasteiger partial charge on any atom is -0.456 e. The first-order chi connectivity index (χ1) is 13.0. The number of nitrogens with one attached hydrogen (secondary N) is 1. The normalized spacial score (nSPS) is 21.7. The molecule has 3 amide bonds. The number of benzene rings is 1. The molecule has 27 heavy (non-hydrogen) atoms. The molecule has 1 aromatic rings. The number of fused-ring (bicyclic) bond motifs is 1. The highest BCUT2D eigenvalue weighted by molar-refractivity contribution is 6.05. The van der Waals surface area contributed by atoms with Gasteiger partial charge < -0.3 is 10.1 Å². The van der Waals surface area contributed by atoms with Gasteiger partial charge in [0.2, 0.25) is 11.8 Å². The molecule has 1 aliphatic carbocycles. The summed E-state index contributed by atoms with van der Waals surface area (Å²) in [6.07, 6.45) is 3.32. The fourth-order valence-corrected chi connectivity index (χ4v) is 3.71. The Morgan fingerprint density at radius 1 is 1.07 bits per heavy atom. The molecule has 2 fully saturated rings. The molecular weight excluding hydrogens is 348 g/mol. The lowest BCUT2D eigenvalue weighted by Crippen LogP contribution is -2.33. The molecule has 2 aliphatic rings. The van der Waals surface area contributed by atoms with Crippen molar-refractivity contribution in [3.8, 4) is 0 Å². The number of amides is 3. The van der Waals surface area contributed by atoms with Crippen molar-refractivity contribution in [1.82, 2.24) is 4.90 Å². The molecule has 1 aromatic carbocycles. The number of hydrogen-bond donors (Lipinski definition) is 1. The smallest absolute Gasteiger partial charge is 0.308 e. The van der Waals surface area contributed by atoms with Crippen LogP contribution in [-0.4, -0.2) is 41.7 Å². The second-order valence-electron chi connectivity index (χ2n) is 7.15. The predicted molar refractivity (Wildman–Crippen MR) is 97.6 cm³/mol. The predicted octanol–water partition coefficient (Wildman–Crippen LogP) is 2.04. The average molecular weight is 372 g/mol. The van der Waals surface area contributed by atoms with Gasteiger partial charge in [0, 0.05) is 12.2 Å². The second-order valence-corrected chi connectivity index (χ2v) is 7.15. The molecule has 144 valence electrons. The first-order valence-corrected chi connectivity index (χ1v) is 9.33. The summed E-state index contributed by atoms with van der Waals surface area (Å²) in [5, 5.41) is 2.63. The molecule has 7 heteroatoms. The maximum absolute atomic E-state index is 12.3. The van der Waals surface area contributed by atoms with Gasteiger partial charge in [-0.15, -0.1) is 0 Å². The van der Waals surface area contributed by atoms with Crippen molar-refractivity contribution in [3.63, 3.8) is 0 Å². The largest absolute Gasteiger partial charge is 0.456 e. The van der Waals surface area contributed by atoms with Crippen LogP contribution >= 0.6 is 0 Å². The molecule has 1 saturated heterocycles. The lowest BCUT2D eigenvalue weighted by molar-refractivity contribution is -0.148. The van der Waals surface area contributed by atoms with E-state index >= 15 is 0 Å². The Labute approximate surface area is 158 Å². The summed E-state index contributed by atoms with van der Waals surface area (Å²) < 4.78 is 4.95. The molecule has 3 rings (SSSR count). The minimum atomic E-state index is -0.607. The molecule has 0 spiro atoms. The Hall–Kier alpha value is -2.70. The van der Waals surface area contributed by atoms with E-state index in [1.807, 2.05) is 19.1 Å². The van der Waals surface area contributed by atoms with Crippen LogP contribution in [0, 0.1) is 18.8 Å². The van der Waals surface area contributed by atoms with E-state index in [2.05, 4.69) is 5.32 Å². The zero-order chi connectivity index (χ0) is 19.4. The third-order valence-corrected chi connectivity index (χ3v) is 5.17. The van der Waals surface area contributed by atoms with E-state index in [0.717, 1.165) is 31.2 Å². The van der Waals surface area contributed by atoms with Gasteiger partial charge in [-0.2, -0.15) is 0 Å². The Kier molecular flexibility index (Phi) is 5.88. The van der Waals surface area contributed by atoms with E-state index in [1.165, 1.54) is 4.90 Å². The average Bonchev–Trinajstić information content (AvgIpc) is 2.91. The van der Waals surface area contributed by atoms with E-state index in [0.29, 0.717) is 5.69 Å². The molecule has 1 aliphatic heterocycles. The quantitative estimate of drug-likeness (QED) is 0.609. The number of carbonyl (C=O) groups is 4. The minimum absolute atomic E-state index is 0.0169. The third-order valence-electron chi connectivity index (χ3n) is 5.17.